The number of hydrogen-bond donors (Lipinski definition) is 0. The average molecular weight is 335 g/mol. The van der Waals surface area contributed by atoms with Crippen LogP contribution in [0.2, 0.25) is 0 Å². The first-order valence-corrected chi connectivity index (χ1v) is 9.59. The van der Waals surface area contributed by atoms with Crippen molar-refractivity contribution in [3.05, 3.63) is 23.8 Å². The first-order chi connectivity index (χ1) is 9.41. The van der Waals surface area contributed by atoms with Gasteiger partial charge in [-0.25, -0.2) is 0 Å². The Morgan fingerprint density at radius 3 is 2.65 bits per heavy atom. The Balaban J connectivity index is 2.55. The Labute approximate surface area is 130 Å². The molecule has 0 amide bonds. The third-order valence-corrected chi connectivity index (χ3v) is 6.29. The van der Waals surface area contributed by atoms with E-state index in [1.54, 1.807) is 11.8 Å². The lowest BCUT2D eigenvalue weighted by Crippen LogP contribution is -2.50. The lowest BCUT2D eigenvalue weighted by molar-refractivity contribution is 0.341. The molecule has 0 unspecified atom stereocenters. The average Bonchev–Trinajstić information content (AvgIpc) is 2.40. The molecule has 1 aromatic rings. The second kappa shape index (κ2) is 6.13. The highest BCUT2D eigenvalue weighted by Gasteiger charge is 2.37. The molecule has 0 aromatic heterocycles. The number of rotatable bonds is 4. The van der Waals surface area contributed by atoms with Crippen LogP contribution in [-0.2, 0) is 16.8 Å². The topological polar surface area (TPSA) is 40.6 Å². The van der Waals surface area contributed by atoms with Gasteiger partial charge >= 0.3 is 10.2 Å². The van der Waals surface area contributed by atoms with E-state index in [1.807, 2.05) is 32.2 Å². The summed E-state index contributed by atoms with van der Waals surface area (Å²) >= 11 is 7.44. The van der Waals surface area contributed by atoms with Crippen molar-refractivity contribution in [2.75, 3.05) is 23.0 Å². The van der Waals surface area contributed by atoms with E-state index < -0.39 is 10.2 Å². The van der Waals surface area contributed by atoms with Crippen molar-refractivity contribution in [1.29, 1.82) is 0 Å². The first-order valence-electron chi connectivity index (χ1n) is 6.44. The van der Waals surface area contributed by atoms with Crippen LogP contribution in [0.4, 0.5) is 5.69 Å². The molecule has 0 aliphatic carbocycles. The zero-order chi connectivity index (χ0) is 14.9. The molecule has 0 saturated heterocycles. The maximum Gasteiger partial charge on any atom is 0.304 e. The van der Waals surface area contributed by atoms with Crippen LogP contribution >= 0.6 is 23.4 Å². The minimum Gasteiger partial charge on any atom is -0.256 e. The first kappa shape index (κ1) is 15.9. The molecule has 0 fully saturated rings. The SMILES string of the molecule is CSc1ccc2c(c1)CN(C(C)C)S(=O)(=O)N2CCCl. The van der Waals surface area contributed by atoms with Crippen LogP contribution in [0.1, 0.15) is 19.4 Å². The minimum absolute atomic E-state index is 0.0797. The van der Waals surface area contributed by atoms with Crippen molar-refractivity contribution < 1.29 is 8.42 Å². The van der Waals surface area contributed by atoms with Gasteiger partial charge in [-0.15, -0.1) is 23.4 Å². The molecular weight excluding hydrogens is 316 g/mol. The lowest BCUT2D eigenvalue weighted by Gasteiger charge is -2.39. The lowest BCUT2D eigenvalue weighted by atomic mass is 10.1. The molecule has 7 heteroatoms. The number of thioether (sulfide) groups is 1. The van der Waals surface area contributed by atoms with E-state index in [4.69, 9.17) is 11.6 Å². The summed E-state index contributed by atoms with van der Waals surface area (Å²) in [6.45, 7) is 4.49. The molecule has 1 aliphatic rings. The Bertz CT molecular complexity index is 590. The molecule has 1 heterocycles. The van der Waals surface area contributed by atoms with Gasteiger partial charge in [-0.05, 0) is 43.9 Å². The van der Waals surface area contributed by atoms with Crippen LogP contribution in [0.3, 0.4) is 0 Å². The van der Waals surface area contributed by atoms with E-state index in [9.17, 15) is 8.42 Å². The summed E-state index contributed by atoms with van der Waals surface area (Å²) in [6.07, 6.45) is 2.01. The van der Waals surface area contributed by atoms with E-state index in [1.165, 1.54) is 8.61 Å². The standard InChI is InChI=1S/C13H19ClN2O2S2/c1-10(2)16-9-11-8-12(19-3)4-5-13(11)15(7-6-14)20(16,17)18/h4-5,8,10H,6-7,9H2,1-3H3. The highest BCUT2D eigenvalue weighted by Crippen LogP contribution is 2.35. The Kier molecular flexibility index (Phi) is 4.89. The van der Waals surface area contributed by atoms with Crippen LogP contribution in [0.25, 0.3) is 0 Å². The van der Waals surface area contributed by atoms with Gasteiger partial charge < -0.3 is 0 Å². The minimum atomic E-state index is -3.48. The quantitative estimate of drug-likeness (QED) is 0.628. The van der Waals surface area contributed by atoms with Crippen LogP contribution < -0.4 is 4.31 Å². The molecule has 0 atom stereocenters. The molecule has 1 aromatic carbocycles. The summed E-state index contributed by atoms with van der Waals surface area (Å²) in [7, 11) is -3.48. The van der Waals surface area contributed by atoms with Gasteiger partial charge in [-0.1, -0.05) is 0 Å². The fraction of sp³-hybridized carbons (Fsp3) is 0.538. The predicted molar refractivity (Wildman–Crippen MR) is 85.9 cm³/mol. The van der Waals surface area contributed by atoms with E-state index in [-0.39, 0.29) is 11.9 Å². The fourth-order valence-corrected chi connectivity index (χ4v) is 4.89. The third kappa shape index (κ3) is 2.79. The van der Waals surface area contributed by atoms with Crippen molar-refractivity contribution in [3.8, 4) is 0 Å². The number of fused-ring (bicyclic) bond motifs is 1. The summed E-state index contributed by atoms with van der Waals surface area (Å²) in [5.74, 6) is 0.273. The molecule has 2 rings (SSSR count). The number of anilines is 1. The highest BCUT2D eigenvalue weighted by molar-refractivity contribution is 7.98. The highest BCUT2D eigenvalue weighted by atomic mass is 35.5. The summed E-state index contributed by atoms with van der Waals surface area (Å²) in [5, 5.41) is 0. The summed E-state index contributed by atoms with van der Waals surface area (Å²) in [4.78, 5) is 1.14. The van der Waals surface area contributed by atoms with Crippen molar-refractivity contribution in [2.24, 2.45) is 0 Å². The van der Waals surface area contributed by atoms with Crippen molar-refractivity contribution >= 4 is 39.3 Å². The zero-order valence-corrected chi connectivity index (χ0v) is 14.2. The largest absolute Gasteiger partial charge is 0.304 e. The Hall–Kier alpha value is -0.430. The second-order valence-corrected chi connectivity index (χ2v) is 7.97. The Morgan fingerprint density at radius 2 is 2.10 bits per heavy atom. The van der Waals surface area contributed by atoms with Gasteiger partial charge in [0.1, 0.15) is 0 Å². The van der Waals surface area contributed by atoms with E-state index in [0.717, 1.165) is 16.1 Å². The predicted octanol–water partition coefficient (Wildman–Crippen LogP) is 2.92. The molecule has 112 valence electrons. The van der Waals surface area contributed by atoms with Crippen LogP contribution in [-0.4, -0.2) is 37.4 Å². The van der Waals surface area contributed by atoms with Gasteiger partial charge in [-0.3, -0.25) is 4.31 Å². The molecule has 0 spiro atoms. The number of benzene rings is 1. The van der Waals surface area contributed by atoms with Gasteiger partial charge in [0, 0.05) is 29.9 Å². The number of alkyl halides is 1. The zero-order valence-electron chi connectivity index (χ0n) is 11.8. The molecule has 0 radical (unpaired) electrons. The molecule has 1 aliphatic heterocycles. The molecular formula is C13H19ClN2O2S2. The van der Waals surface area contributed by atoms with Crippen LogP contribution in [0.15, 0.2) is 23.1 Å². The molecule has 20 heavy (non-hydrogen) atoms. The van der Waals surface area contributed by atoms with Gasteiger partial charge in [0.25, 0.3) is 0 Å². The maximum atomic E-state index is 12.6. The maximum absolute atomic E-state index is 12.6. The smallest absolute Gasteiger partial charge is 0.256 e. The molecule has 0 bridgehead atoms. The van der Waals surface area contributed by atoms with Crippen molar-refractivity contribution in [1.82, 2.24) is 4.31 Å². The van der Waals surface area contributed by atoms with Gasteiger partial charge in [0.2, 0.25) is 0 Å². The molecule has 0 N–H and O–H groups in total. The Morgan fingerprint density at radius 1 is 1.40 bits per heavy atom. The van der Waals surface area contributed by atoms with E-state index in [0.29, 0.717) is 13.1 Å². The van der Waals surface area contributed by atoms with Gasteiger partial charge in [0.15, 0.2) is 0 Å². The second-order valence-electron chi connectivity index (χ2n) is 4.90. The van der Waals surface area contributed by atoms with Gasteiger partial charge in [0.05, 0.1) is 5.69 Å². The third-order valence-electron chi connectivity index (χ3n) is 3.32. The number of hydrogen-bond acceptors (Lipinski definition) is 3. The molecule has 0 saturated carbocycles. The number of nitrogens with zero attached hydrogens (tertiary/aromatic N) is 2. The van der Waals surface area contributed by atoms with Crippen LogP contribution in [0, 0.1) is 0 Å². The van der Waals surface area contributed by atoms with E-state index in [2.05, 4.69) is 6.07 Å². The molecule has 4 nitrogen and oxygen atoms in total. The summed E-state index contributed by atoms with van der Waals surface area (Å²) < 4.78 is 28.2. The van der Waals surface area contributed by atoms with Crippen LogP contribution in [0.5, 0.6) is 0 Å². The van der Waals surface area contributed by atoms with Crippen molar-refractivity contribution in [3.63, 3.8) is 0 Å². The fourth-order valence-electron chi connectivity index (χ4n) is 2.32. The number of halogens is 1. The summed E-state index contributed by atoms with van der Waals surface area (Å²) in [5.41, 5.74) is 1.78. The summed E-state index contributed by atoms with van der Waals surface area (Å²) in [6, 6.07) is 5.81. The van der Waals surface area contributed by atoms with Crippen molar-refractivity contribution in [2.45, 2.75) is 31.3 Å². The normalized spacial score (nSPS) is 18.4. The monoisotopic (exact) mass is 334 g/mol. The van der Waals surface area contributed by atoms with E-state index >= 15 is 0 Å². The van der Waals surface area contributed by atoms with Gasteiger partial charge in [-0.2, -0.15) is 12.7 Å².